The van der Waals surface area contributed by atoms with Crippen molar-refractivity contribution in [1.82, 2.24) is 5.32 Å². The first-order valence-corrected chi connectivity index (χ1v) is 7.88. The Balaban J connectivity index is 2.35. The summed E-state index contributed by atoms with van der Waals surface area (Å²) in [7, 11) is 0. The van der Waals surface area contributed by atoms with E-state index in [9.17, 15) is 0 Å². The molecule has 0 saturated carbocycles. The number of benzene rings is 1. The maximum absolute atomic E-state index is 5.72. The Kier molecular flexibility index (Phi) is 7.08. The summed E-state index contributed by atoms with van der Waals surface area (Å²) in [5.74, 6) is 0.980. The molecule has 1 rings (SSSR count). The van der Waals surface area contributed by atoms with Crippen molar-refractivity contribution in [2.45, 2.75) is 66.5 Å². The van der Waals surface area contributed by atoms with Gasteiger partial charge in [-0.2, -0.15) is 0 Å². The van der Waals surface area contributed by atoms with Crippen molar-refractivity contribution in [3.8, 4) is 5.75 Å². The summed E-state index contributed by atoms with van der Waals surface area (Å²) < 4.78 is 5.72. The molecule has 0 amide bonds. The summed E-state index contributed by atoms with van der Waals surface area (Å²) in [5, 5.41) is 3.58. The fourth-order valence-electron chi connectivity index (χ4n) is 1.82. The van der Waals surface area contributed by atoms with E-state index in [1.807, 2.05) is 0 Å². The highest BCUT2D eigenvalue weighted by molar-refractivity contribution is 5.27. The van der Waals surface area contributed by atoms with Crippen LogP contribution in [0.4, 0.5) is 0 Å². The van der Waals surface area contributed by atoms with Gasteiger partial charge in [-0.1, -0.05) is 52.7 Å². The predicted octanol–water partition coefficient (Wildman–Crippen LogP) is 4.78. The molecule has 20 heavy (non-hydrogen) atoms. The molecule has 0 bridgehead atoms. The molecule has 114 valence electrons. The third-order valence-corrected chi connectivity index (χ3v) is 3.85. The molecule has 2 nitrogen and oxygen atoms in total. The number of unbranched alkanes of at least 4 members (excludes halogenated alkanes) is 2. The van der Waals surface area contributed by atoms with E-state index in [0.29, 0.717) is 11.5 Å². The number of nitrogens with one attached hydrogen (secondary N) is 1. The molecular formula is C18H31NO. The topological polar surface area (TPSA) is 21.3 Å². The van der Waals surface area contributed by atoms with E-state index in [0.717, 1.165) is 25.3 Å². The van der Waals surface area contributed by atoms with Gasteiger partial charge in [-0.15, -0.1) is 0 Å². The second-order valence-corrected chi connectivity index (χ2v) is 6.67. The fourth-order valence-corrected chi connectivity index (χ4v) is 1.82. The van der Waals surface area contributed by atoms with Crippen molar-refractivity contribution in [2.75, 3.05) is 6.61 Å². The maximum atomic E-state index is 5.72. The summed E-state index contributed by atoms with van der Waals surface area (Å²) in [6, 6.07) is 8.94. The molecule has 0 aliphatic carbocycles. The largest absolute Gasteiger partial charge is 0.494 e. The van der Waals surface area contributed by atoms with Crippen LogP contribution in [0.2, 0.25) is 0 Å². The zero-order valence-corrected chi connectivity index (χ0v) is 13.8. The summed E-state index contributed by atoms with van der Waals surface area (Å²) in [5.41, 5.74) is 1.60. The van der Waals surface area contributed by atoms with Crippen LogP contribution in [0.5, 0.6) is 5.75 Å². The fraction of sp³-hybridized carbons (Fsp3) is 0.667. The molecule has 0 aliphatic heterocycles. The van der Waals surface area contributed by atoms with Gasteiger partial charge in [-0.25, -0.2) is 0 Å². The minimum Gasteiger partial charge on any atom is -0.494 e. The Hall–Kier alpha value is -1.02. The van der Waals surface area contributed by atoms with Crippen LogP contribution in [-0.2, 0) is 6.54 Å². The molecule has 1 aromatic rings. The highest BCUT2D eigenvalue weighted by Crippen LogP contribution is 2.19. The van der Waals surface area contributed by atoms with E-state index >= 15 is 0 Å². The van der Waals surface area contributed by atoms with Gasteiger partial charge in [0, 0.05) is 12.6 Å². The molecule has 0 aromatic heterocycles. The second-order valence-electron chi connectivity index (χ2n) is 6.67. The lowest BCUT2D eigenvalue weighted by Crippen LogP contribution is -2.37. The summed E-state index contributed by atoms with van der Waals surface area (Å²) in [6.45, 7) is 13.0. The van der Waals surface area contributed by atoms with E-state index in [4.69, 9.17) is 4.74 Å². The molecule has 1 unspecified atom stereocenters. The molecule has 0 fully saturated rings. The van der Waals surface area contributed by atoms with Crippen molar-refractivity contribution >= 4 is 0 Å². The standard InChI is InChI=1S/C18H31NO/c1-6-7-8-13-20-17-11-9-16(10-12-17)14-19-15(2)18(3,4)5/h9-12,15,19H,6-8,13-14H2,1-5H3. The van der Waals surface area contributed by atoms with Crippen LogP contribution in [0.25, 0.3) is 0 Å². The van der Waals surface area contributed by atoms with Gasteiger partial charge in [0.25, 0.3) is 0 Å². The molecular weight excluding hydrogens is 246 g/mol. The molecule has 1 aromatic carbocycles. The van der Waals surface area contributed by atoms with Crippen LogP contribution in [0.3, 0.4) is 0 Å². The normalized spacial score (nSPS) is 13.2. The van der Waals surface area contributed by atoms with Gasteiger partial charge in [0.2, 0.25) is 0 Å². The molecule has 0 radical (unpaired) electrons. The van der Waals surface area contributed by atoms with E-state index in [2.05, 4.69) is 64.2 Å². The van der Waals surface area contributed by atoms with Crippen molar-refractivity contribution < 1.29 is 4.74 Å². The van der Waals surface area contributed by atoms with Crippen molar-refractivity contribution in [2.24, 2.45) is 5.41 Å². The average molecular weight is 277 g/mol. The summed E-state index contributed by atoms with van der Waals surface area (Å²) >= 11 is 0. The highest BCUT2D eigenvalue weighted by Gasteiger charge is 2.18. The summed E-state index contributed by atoms with van der Waals surface area (Å²) in [6.07, 6.45) is 3.62. The highest BCUT2D eigenvalue weighted by atomic mass is 16.5. The zero-order valence-electron chi connectivity index (χ0n) is 13.8. The Bertz CT molecular complexity index is 364. The Morgan fingerprint density at radius 2 is 1.75 bits per heavy atom. The van der Waals surface area contributed by atoms with Crippen LogP contribution in [0, 0.1) is 5.41 Å². The first-order chi connectivity index (χ1) is 9.43. The van der Waals surface area contributed by atoms with Gasteiger partial charge in [-0.3, -0.25) is 0 Å². The van der Waals surface area contributed by atoms with Gasteiger partial charge in [-0.05, 0) is 36.5 Å². The van der Waals surface area contributed by atoms with Crippen molar-refractivity contribution in [3.05, 3.63) is 29.8 Å². The van der Waals surface area contributed by atoms with E-state index in [-0.39, 0.29) is 0 Å². The first kappa shape index (κ1) is 17.0. The van der Waals surface area contributed by atoms with E-state index in [1.54, 1.807) is 0 Å². The third kappa shape index (κ3) is 6.42. The van der Waals surface area contributed by atoms with Gasteiger partial charge in [0.15, 0.2) is 0 Å². The van der Waals surface area contributed by atoms with Crippen molar-refractivity contribution in [3.63, 3.8) is 0 Å². The molecule has 1 atom stereocenters. The molecule has 0 aliphatic rings. The lowest BCUT2D eigenvalue weighted by molar-refractivity contribution is 0.285. The zero-order chi connectivity index (χ0) is 15.0. The minimum atomic E-state index is 0.294. The first-order valence-electron chi connectivity index (χ1n) is 7.88. The van der Waals surface area contributed by atoms with E-state index < -0.39 is 0 Å². The van der Waals surface area contributed by atoms with Gasteiger partial charge < -0.3 is 10.1 Å². The predicted molar refractivity (Wildman–Crippen MR) is 87.2 cm³/mol. The summed E-state index contributed by atoms with van der Waals surface area (Å²) in [4.78, 5) is 0. The second kappa shape index (κ2) is 8.31. The molecule has 1 N–H and O–H groups in total. The third-order valence-electron chi connectivity index (χ3n) is 3.85. The Labute approximate surface area is 124 Å². The number of rotatable bonds is 8. The molecule has 0 heterocycles. The smallest absolute Gasteiger partial charge is 0.119 e. The Morgan fingerprint density at radius 3 is 2.30 bits per heavy atom. The number of hydrogen-bond donors (Lipinski definition) is 1. The quantitative estimate of drug-likeness (QED) is 0.690. The number of ether oxygens (including phenoxy) is 1. The van der Waals surface area contributed by atoms with Gasteiger partial charge >= 0.3 is 0 Å². The monoisotopic (exact) mass is 277 g/mol. The molecule has 0 saturated heterocycles. The molecule has 0 spiro atoms. The minimum absolute atomic E-state index is 0.294. The molecule has 2 heteroatoms. The van der Waals surface area contributed by atoms with Crippen LogP contribution in [0.15, 0.2) is 24.3 Å². The van der Waals surface area contributed by atoms with Crippen LogP contribution in [-0.4, -0.2) is 12.6 Å². The Morgan fingerprint density at radius 1 is 1.10 bits per heavy atom. The average Bonchev–Trinajstić information content (AvgIpc) is 2.41. The SMILES string of the molecule is CCCCCOc1ccc(CNC(C)C(C)(C)C)cc1. The van der Waals surface area contributed by atoms with Crippen molar-refractivity contribution in [1.29, 1.82) is 0 Å². The van der Waals surface area contributed by atoms with Gasteiger partial charge in [0.05, 0.1) is 6.61 Å². The van der Waals surface area contributed by atoms with E-state index in [1.165, 1.54) is 18.4 Å². The van der Waals surface area contributed by atoms with Gasteiger partial charge in [0.1, 0.15) is 5.75 Å². The maximum Gasteiger partial charge on any atom is 0.119 e. The van der Waals surface area contributed by atoms with Crippen LogP contribution < -0.4 is 10.1 Å². The van der Waals surface area contributed by atoms with Crippen LogP contribution in [0.1, 0.15) is 59.4 Å². The lowest BCUT2D eigenvalue weighted by atomic mass is 9.88. The number of hydrogen-bond acceptors (Lipinski definition) is 2. The van der Waals surface area contributed by atoms with Crippen LogP contribution >= 0.6 is 0 Å². The lowest BCUT2D eigenvalue weighted by Gasteiger charge is -2.28.